The van der Waals surface area contributed by atoms with E-state index in [1.807, 2.05) is 50.2 Å². The van der Waals surface area contributed by atoms with Crippen LogP contribution >= 0.6 is 0 Å². The molecule has 3 aromatic rings. The van der Waals surface area contributed by atoms with Crippen molar-refractivity contribution in [2.75, 3.05) is 18.4 Å². The molecule has 5 heteroatoms. The predicted molar refractivity (Wildman–Crippen MR) is 125 cm³/mol. The van der Waals surface area contributed by atoms with Gasteiger partial charge in [-0.05, 0) is 66.8 Å². The van der Waals surface area contributed by atoms with Gasteiger partial charge in [0.15, 0.2) is 0 Å². The van der Waals surface area contributed by atoms with Crippen molar-refractivity contribution in [3.63, 3.8) is 0 Å². The van der Waals surface area contributed by atoms with Crippen molar-refractivity contribution in [1.82, 2.24) is 10.2 Å². The van der Waals surface area contributed by atoms with Gasteiger partial charge in [-0.25, -0.2) is 4.79 Å². The second-order valence-electron chi connectivity index (χ2n) is 8.42. The zero-order chi connectivity index (χ0) is 21.8. The lowest BCUT2D eigenvalue weighted by Crippen LogP contribution is -2.47. The molecule has 3 aromatic carbocycles. The first-order valence-corrected chi connectivity index (χ1v) is 10.9. The molecule has 2 N–H and O–H groups in total. The first-order valence-electron chi connectivity index (χ1n) is 10.9. The van der Waals surface area contributed by atoms with Crippen LogP contribution in [0.4, 0.5) is 10.5 Å². The van der Waals surface area contributed by atoms with Crippen LogP contribution < -0.4 is 10.6 Å². The monoisotopic (exact) mass is 415 g/mol. The van der Waals surface area contributed by atoms with Gasteiger partial charge in [0, 0.05) is 18.8 Å². The number of rotatable bonds is 4. The third kappa shape index (κ3) is 5.05. The maximum absolute atomic E-state index is 12.9. The van der Waals surface area contributed by atoms with Gasteiger partial charge < -0.3 is 15.5 Å². The maximum atomic E-state index is 12.9. The molecule has 0 bridgehead atoms. The average Bonchev–Trinajstić information content (AvgIpc) is 2.78. The first-order chi connectivity index (χ1) is 15.0. The van der Waals surface area contributed by atoms with E-state index in [0.717, 1.165) is 35.0 Å². The van der Waals surface area contributed by atoms with Gasteiger partial charge in [0.2, 0.25) is 5.91 Å². The molecule has 4 rings (SSSR count). The number of carbonyl (C=O) groups excluding carboxylic acids is 2. The van der Waals surface area contributed by atoms with E-state index in [2.05, 4.69) is 41.0 Å². The number of anilines is 1. The van der Waals surface area contributed by atoms with Crippen molar-refractivity contribution < 1.29 is 9.59 Å². The van der Waals surface area contributed by atoms with Crippen molar-refractivity contribution in [2.24, 2.45) is 5.92 Å². The molecule has 160 valence electrons. The van der Waals surface area contributed by atoms with E-state index in [0.29, 0.717) is 13.1 Å². The van der Waals surface area contributed by atoms with Crippen LogP contribution in [0.2, 0.25) is 0 Å². The lowest BCUT2D eigenvalue weighted by atomic mass is 9.96. The van der Waals surface area contributed by atoms with E-state index >= 15 is 0 Å². The molecular formula is C26H29N3O2. The highest BCUT2D eigenvalue weighted by Gasteiger charge is 2.29. The Morgan fingerprint density at radius 1 is 1.00 bits per heavy atom. The summed E-state index contributed by atoms with van der Waals surface area (Å²) in [5, 5.41) is 8.45. The van der Waals surface area contributed by atoms with E-state index in [9.17, 15) is 9.59 Å². The lowest BCUT2D eigenvalue weighted by molar-refractivity contribution is -0.126. The summed E-state index contributed by atoms with van der Waals surface area (Å²) in [6.07, 6.45) is 1.62. The Morgan fingerprint density at radius 3 is 2.61 bits per heavy atom. The van der Waals surface area contributed by atoms with Crippen LogP contribution in [0, 0.1) is 12.8 Å². The molecule has 1 aliphatic heterocycles. The van der Waals surface area contributed by atoms with Gasteiger partial charge >= 0.3 is 6.03 Å². The molecule has 2 atom stereocenters. The van der Waals surface area contributed by atoms with Crippen LogP contribution in [-0.4, -0.2) is 29.9 Å². The summed E-state index contributed by atoms with van der Waals surface area (Å²) in [6.45, 7) is 5.11. The summed E-state index contributed by atoms with van der Waals surface area (Å²) in [6, 6.07) is 22.0. The number of piperidine rings is 1. The molecule has 1 fully saturated rings. The van der Waals surface area contributed by atoms with Crippen LogP contribution in [0.25, 0.3) is 10.8 Å². The first kappa shape index (κ1) is 20.9. The zero-order valence-corrected chi connectivity index (χ0v) is 18.1. The number of fused-ring (bicyclic) bond motifs is 1. The number of urea groups is 1. The van der Waals surface area contributed by atoms with E-state index in [4.69, 9.17) is 0 Å². The number of hydrogen-bond donors (Lipinski definition) is 2. The van der Waals surface area contributed by atoms with Gasteiger partial charge in [-0.2, -0.15) is 0 Å². The number of hydrogen-bond acceptors (Lipinski definition) is 2. The molecular weight excluding hydrogens is 386 g/mol. The fourth-order valence-electron chi connectivity index (χ4n) is 4.19. The van der Waals surface area contributed by atoms with E-state index in [-0.39, 0.29) is 23.9 Å². The molecule has 0 saturated carbocycles. The quantitative estimate of drug-likeness (QED) is 0.610. The topological polar surface area (TPSA) is 61.4 Å². The van der Waals surface area contributed by atoms with Crippen molar-refractivity contribution in [1.29, 1.82) is 0 Å². The van der Waals surface area contributed by atoms with Crippen molar-refractivity contribution in [3.05, 3.63) is 77.9 Å². The number of nitrogens with one attached hydrogen (secondary N) is 2. The minimum Gasteiger partial charge on any atom is -0.349 e. The molecule has 5 nitrogen and oxygen atoms in total. The van der Waals surface area contributed by atoms with Gasteiger partial charge in [-0.1, -0.05) is 48.5 Å². The SMILES string of the molecule is Cc1cccc(NC(=O)N2CCC[C@H](C(=O)N[C@H](C)c3ccc4ccccc4c3)C2)c1. The Bertz CT molecular complexity index is 1090. The molecule has 0 aliphatic carbocycles. The van der Waals surface area contributed by atoms with Crippen LogP contribution in [0.15, 0.2) is 66.7 Å². The highest BCUT2D eigenvalue weighted by molar-refractivity contribution is 5.90. The normalized spacial score (nSPS) is 17.2. The molecule has 0 aromatic heterocycles. The maximum Gasteiger partial charge on any atom is 0.321 e. The molecule has 1 heterocycles. The molecule has 1 aliphatic rings. The molecule has 0 unspecified atom stereocenters. The van der Waals surface area contributed by atoms with Gasteiger partial charge in [-0.15, -0.1) is 0 Å². The second-order valence-corrected chi connectivity index (χ2v) is 8.42. The highest BCUT2D eigenvalue weighted by atomic mass is 16.2. The Kier molecular flexibility index (Phi) is 6.21. The third-order valence-electron chi connectivity index (χ3n) is 5.98. The third-order valence-corrected chi connectivity index (χ3v) is 5.98. The van der Waals surface area contributed by atoms with Gasteiger partial charge in [0.05, 0.1) is 12.0 Å². The van der Waals surface area contributed by atoms with Crippen LogP contribution in [0.1, 0.15) is 36.9 Å². The van der Waals surface area contributed by atoms with Crippen LogP contribution in [-0.2, 0) is 4.79 Å². The fraction of sp³-hybridized carbons (Fsp3) is 0.308. The van der Waals surface area contributed by atoms with E-state index in [1.165, 1.54) is 5.39 Å². The molecule has 1 saturated heterocycles. The highest BCUT2D eigenvalue weighted by Crippen LogP contribution is 2.23. The predicted octanol–water partition coefficient (Wildman–Crippen LogP) is 5.27. The number of carbonyl (C=O) groups is 2. The number of amides is 3. The minimum atomic E-state index is -0.195. The Balaban J connectivity index is 1.37. The summed E-state index contributed by atoms with van der Waals surface area (Å²) in [7, 11) is 0. The molecule has 0 radical (unpaired) electrons. The Morgan fingerprint density at radius 2 is 1.81 bits per heavy atom. The van der Waals surface area contributed by atoms with Gasteiger partial charge in [0.1, 0.15) is 0 Å². The van der Waals surface area contributed by atoms with Crippen molar-refractivity contribution in [3.8, 4) is 0 Å². The van der Waals surface area contributed by atoms with E-state index in [1.54, 1.807) is 4.90 Å². The molecule has 31 heavy (non-hydrogen) atoms. The van der Waals surface area contributed by atoms with Gasteiger partial charge in [-0.3, -0.25) is 4.79 Å². The number of likely N-dealkylation sites (tertiary alicyclic amines) is 1. The summed E-state index contributed by atoms with van der Waals surface area (Å²) in [5.74, 6) is -0.186. The summed E-state index contributed by atoms with van der Waals surface area (Å²) < 4.78 is 0. The van der Waals surface area contributed by atoms with Crippen molar-refractivity contribution in [2.45, 2.75) is 32.7 Å². The summed E-state index contributed by atoms with van der Waals surface area (Å²) in [4.78, 5) is 27.4. The summed E-state index contributed by atoms with van der Waals surface area (Å²) >= 11 is 0. The van der Waals surface area contributed by atoms with Crippen LogP contribution in [0.5, 0.6) is 0 Å². The summed E-state index contributed by atoms with van der Waals surface area (Å²) in [5.41, 5.74) is 2.95. The standard InChI is InChI=1S/C26H29N3O2/c1-18-7-5-11-24(15-18)28-26(31)29-14-6-10-23(17-29)25(30)27-19(2)21-13-12-20-8-3-4-9-22(20)16-21/h3-5,7-9,11-13,15-16,19,23H,6,10,14,17H2,1-2H3,(H,27,30)(H,28,31)/t19-,23+/m1/s1. The number of aryl methyl sites for hydroxylation is 1. The van der Waals surface area contributed by atoms with Crippen LogP contribution in [0.3, 0.4) is 0 Å². The Hall–Kier alpha value is -3.34. The van der Waals surface area contributed by atoms with Crippen molar-refractivity contribution >= 4 is 28.4 Å². The Labute approximate surface area is 183 Å². The molecule has 3 amide bonds. The average molecular weight is 416 g/mol. The lowest BCUT2D eigenvalue weighted by Gasteiger charge is -2.32. The minimum absolute atomic E-state index is 0.00807. The largest absolute Gasteiger partial charge is 0.349 e. The smallest absolute Gasteiger partial charge is 0.321 e. The van der Waals surface area contributed by atoms with E-state index < -0.39 is 0 Å². The van der Waals surface area contributed by atoms with Gasteiger partial charge in [0.25, 0.3) is 0 Å². The number of benzene rings is 3. The zero-order valence-electron chi connectivity index (χ0n) is 18.1. The second kappa shape index (κ2) is 9.21. The number of nitrogens with zero attached hydrogens (tertiary/aromatic N) is 1. The fourth-order valence-corrected chi connectivity index (χ4v) is 4.19. The molecule has 0 spiro atoms.